The Morgan fingerprint density at radius 2 is 1.95 bits per heavy atom. The molecule has 1 aromatic carbocycles. The average Bonchev–Trinajstić information content (AvgIpc) is 2.38. The van der Waals surface area contributed by atoms with E-state index in [0.29, 0.717) is 12.1 Å². The van der Waals surface area contributed by atoms with Crippen LogP contribution in [0.5, 0.6) is 0 Å². The number of halogens is 2. The Hall–Kier alpha value is -1.73. The summed E-state index contributed by atoms with van der Waals surface area (Å²) in [5.41, 5.74) is 6.78. The Labute approximate surface area is 109 Å². The van der Waals surface area contributed by atoms with E-state index < -0.39 is 6.43 Å². The fourth-order valence-electron chi connectivity index (χ4n) is 1.67. The molecule has 0 radical (unpaired) electrons. The number of aliphatic hydroxyl groups is 1. The highest BCUT2D eigenvalue weighted by atomic mass is 19.3. The van der Waals surface area contributed by atoms with E-state index in [1.807, 2.05) is 0 Å². The van der Waals surface area contributed by atoms with Gasteiger partial charge in [0.25, 0.3) is 6.43 Å². The number of benzene rings is 1. The van der Waals surface area contributed by atoms with Crippen molar-refractivity contribution in [3.63, 3.8) is 0 Å². The highest BCUT2D eigenvalue weighted by molar-refractivity contribution is 5.96. The molecule has 19 heavy (non-hydrogen) atoms. The van der Waals surface area contributed by atoms with Gasteiger partial charge in [0.1, 0.15) is 0 Å². The van der Waals surface area contributed by atoms with Gasteiger partial charge in [-0.25, -0.2) is 8.78 Å². The normalized spacial score (nSPS) is 12.4. The van der Waals surface area contributed by atoms with E-state index in [1.165, 1.54) is 4.90 Å². The van der Waals surface area contributed by atoms with Crippen LogP contribution in [0.1, 0.15) is 11.1 Å². The zero-order valence-corrected chi connectivity index (χ0v) is 10.3. The summed E-state index contributed by atoms with van der Waals surface area (Å²) in [6.45, 7) is -0.0643. The molecule has 0 aromatic heterocycles. The largest absolute Gasteiger partial charge is 0.409 e. The molecule has 0 saturated carbocycles. The van der Waals surface area contributed by atoms with Crippen LogP contribution < -0.4 is 5.73 Å². The lowest BCUT2D eigenvalue weighted by Crippen LogP contribution is -2.31. The first-order chi connectivity index (χ1) is 9.06. The minimum absolute atomic E-state index is 0.00801. The van der Waals surface area contributed by atoms with Gasteiger partial charge in [0.2, 0.25) is 0 Å². The third-order valence-corrected chi connectivity index (χ3v) is 2.58. The van der Waals surface area contributed by atoms with Crippen molar-refractivity contribution in [3.8, 4) is 0 Å². The maximum Gasteiger partial charge on any atom is 0.251 e. The molecule has 4 N–H and O–H groups in total. The number of nitrogens with two attached hydrogens (primary N) is 1. The lowest BCUT2D eigenvalue weighted by atomic mass is 10.1. The van der Waals surface area contributed by atoms with Crippen molar-refractivity contribution in [1.82, 2.24) is 4.90 Å². The Bertz CT molecular complexity index is 410. The number of rotatable bonds is 7. The molecular formula is C12H17F2N3O2. The molecule has 106 valence electrons. The van der Waals surface area contributed by atoms with E-state index in [4.69, 9.17) is 16.0 Å². The number of alkyl halides is 2. The van der Waals surface area contributed by atoms with Crippen molar-refractivity contribution in [2.24, 2.45) is 10.9 Å². The van der Waals surface area contributed by atoms with Crippen LogP contribution in [0.4, 0.5) is 8.78 Å². The molecule has 0 amide bonds. The molecule has 0 heterocycles. The monoisotopic (exact) mass is 273 g/mol. The topological polar surface area (TPSA) is 82.1 Å². The summed E-state index contributed by atoms with van der Waals surface area (Å²) in [4.78, 5) is 1.46. The van der Waals surface area contributed by atoms with Crippen molar-refractivity contribution < 1.29 is 19.1 Å². The van der Waals surface area contributed by atoms with Crippen molar-refractivity contribution in [2.75, 3.05) is 19.7 Å². The number of oxime groups is 1. The van der Waals surface area contributed by atoms with Crippen LogP contribution in [-0.2, 0) is 6.54 Å². The van der Waals surface area contributed by atoms with Crippen molar-refractivity contribution in [1.29, 1.82) is 0 Å². The van der Waals surface area contributed by atoms with Crippen LogP contribution in [0.15, 0.2) is 29.4 Å². The Morgan fingerprint density at radius 1 is 1.32 bits per heavy atom. The molecule has 0 bridgehead atoms. The minimum atomic E-state index is -2.44. The number of amidine groups is 1. The maximum absolute atomic E-state index is 12.3. The predicted molar refractivity (Wildman–Crippen MR) is 67.3 cm³/mol. The van der Waals surface area contributed by atoms with Gasteiger partial charge in [-0.2, -0.15) is 0 Å². The standard InChI is InChI=1S/C12H17F2N3O2/c13-11(14)8-17(5-6-18)7-9-1-3-10(4-2-9)12(15)16-19/h1-4,11,18-19H,5-8H2,(H2,15,16). The third-order valence-electron chi connectivity index (χ3n) is 2.58. The summed E-state index contributed by atoms with van der Waals surface area (Å²) in [7, 11) is 0. The molecule has 0 aliphatic carbocycles. The van der Waals surface area contributed by atoms with E-state index in [9.17, 15) is 8.78 Å². The van der Waals surface area contributed by atoms with E-state index in [1.54, 1.807) is 24.3 Å². The van der Waals surface area contributed by atoms with Crippen LogP contribution in [0.2, 0.25) is 0 Å². The molecular weight excluding hydrogens is 256 g/mol. The lowest BCUT2D eigenvalue weighted by molar-refractivity contribution is 0.0746. The molecule has 7 heteroatoms. The Morgan fingerprint density at radius 3 is 2.42 bits per heavy atom. The van der Waals surface area contributed by atoms with Gasteiger partial charge in [-0.05, 0) is 5.56 Å². The molecule has 0 aliphatic heterocycles. The molecule has 0 aliphatic rings. The first kappa shape index (κ1) is 15.3. The molecule has 1 rings (SSSR count). The van der Waals surface area contributed by atoms with Crippen molar-refractivity contribution in [3.05, 3.63) is 35.4 Å². The SMILES string of the molecule is N/C(=N/O)c1ccc(CN(CCO)CC(F)F)cc1. The maximum atomic E-state index is 12.3. The summed E-state index contributed by atoms with van der Waals surface area (Å²) < 4.78 is 24.7. The van der Waals surface area contributed by atoms with Gasteiger partial charge >= 0.3 is 0 Å². The van der Waals surface area contributed by atoms with Crippen LogP contribution >= 0.6 is 0 Å². The number of hydrogen-bond acceptors (Lipinski definition) is 4. The first-order valence-corrected chi connectivity index (χ1v) is 5.75. The second-order valence-corrected chi connectivity index (χ2v) is 4.03. The molecule has 0 spiro atoms. The smallest absolute Gasteiger partial charge is 0.251 e. The van der Waals surface area contributed by atoms with Gasteiger partial charge in [0.15, 0.2) is 5.84 Å². The Kier molecular flexibility index (Phi) is 6.17. The second kappa shape index (κ2) is 7.65. The summed E-state index contributed by atoms with van der Waals surface area (Å²) in [6, 6.07) is 6.71. The number of nitrogens with zero attached hydrogens (tertiary/aromatic N) is 2. The van der Waals surface area contributed by atoms with Gasteiger partial charge in [-0.1, -0.05) is 29.4 Å². The molecule has 0 unspecified atom stereocenters. The van der Waals surface area contributed by atoms with Crippen LogP contribution in [0, 0.1) is 0 Å². The van der Waals surface area contributed by atoms with E-state index in [0.717, 1.165) is 5.56 Å². The van der Waals surface area contributed by atoms with E-state index in [2.05, 4.69) is 5.16 Å². The molecule has 5 nitrogen and oxygen atoms in total. The second-order valence-electron chi connectivity index (χ2n) is 4.03. The zero-order chi connectivity index (χ0) is 14.3. The van der Waals surface area contributed by atoms with Crippen molar-refractivity contribution in [2.45, 2.75) is 13.0 Å². The van der Waals surface area contributed by atoms with Crippen molar-refractivity contribution >= 4 is 5.84 Å². The van der Waals surface area contributed by atoms with Gasteiger partial charge in [-0.3, -0.25) is 4.90 Å². The third kappa shape index (κ3) is 5.19. The highest BCUT2D eigenvalue weighted by Gasteiger charge is 2.12. The highest BCUT2D eigenvalue weighted by Crippen LogP contribution is 2.09. The number of hydrogen-bond donors (Lipinski definition) is 3. The Balaban J connectivity index is 2.69. The van der Waals surface area contributed by atoms with Gasteiger partial charge in [0, 0.05) is 18.7 Å². The number of aliphatic hydroxyl groups excluding tert-OH is 1. The summed E-state index contributed by atoms with van der Waals surface area (Å²) in [6.07, 6.45) is -2.44. The van der Waals surface area contributed by atoms with Gasteiger partial charge in [-0.15, -0.1) is 0 Å². The van der Waals surface area contributed by atoms with Gasteiger partial charge < -0.3 is 16.0 Å². The predicted octanol–water partition coefficient (Wildman–Crippen LogP) is 0.840. The van der Waals surface area contributed by atoms with E-state index >= 15 is 0 Å². The molecule has 0 fully saturated rings. The lowest BCUT2D eigenvalue weighted by Gasteiger charge is -2.20. The summed E-state index contributed by atoms with van der Waals surface area (Å²) in [5, 5.41) is 20.2. The quantitative estimate of drug-likeness (QED) is 0.297. The first-order valence-electron chi connectivity index (χ1n) is 5.75. The molecule has 0 saturated heterocycles. The minimum Gasteiger partial charge on any atom is -0.409 e. The molecule has 1 aromatic rings. The fourth-order valence-corrected chi connectivity index (χ4v) is 1.67. The average molecular weight is 273 g/mol. The molecule has 0 atom stereocenters. The van der Waals surface area contributed by atoms with Crippen LogP contribution in [0.25, 0.3) is 0 Å². The van der Waals surface area contributed by atoms with Gasteiger partial charge in [0.05, 0.1) is 13.2 Å². The van der Waals surface area contributed by atoms with Crippen LogP contribution in [0.3, 0.4) is 0 Å². The fraction of sp³-hybridized carbons (Fsp3) is 0.417. The summed E-state index contributed by atoms with van der Waals surface area (Å²) >= 11 is 0. The zero-order valence-electron chi connectivity index (χ0n) is 10.3. The summed E-state index contributed by atoms with van der Waals surface area (Å²) in [5.74, 6) is -0.00801. The van der Waals surface area contributed by atoms with E-state index in [-0.39, 0.29) is 25.5 Å². The van der Waals surface area contributed by atoms with Crippen LogP contribution in [-0.4, -0.2) is 47.2 Å².